The van der Waals surface area contributed by atoms with Gasteiger partial charge in [0, 0.05) is 17.8 Å². The van der Waals surface area contributed by atoms with Crippen molar-refractivity contribution in [2.75, 3.05) is 23.3 Å². The zero-order valence-corrected chi connectivity index (χ0v) is 19.2. The smallest absolute Gasteiger partial charge is 0.268 e. The van der Waals surface area contributed by atoms with Crippen LogP contribution in [0.1, 0.15) is 11.4 Å². The number of nitrogens with zero attached hydrogens (tertiary/aromatic N) is 3. The van der Waals surface area contributed by atoms with Gasteiger partial charge in [-0.25, -0.2) is 8.42 Å². The first-order chi connectivity index (χ1) is 14.6. The lowest BCUT2D eigenvalue weighted by atomic mass is 10.3. The highest BCUT2D eigenvalue weighted by Crippen LogP contribution is 2.29. The monoisotopic (exact) mass is 462 g/mol. The molecule has 0 aliphatic heterocycles. The number of nitrogens with one attached hydrogen (secondary N) is 1. The number of sulfonamides is 1. The predicted molar refractivity (Wildman–Crippen MR) is 120 cm³/mol. The van der Waals surface area contributed by atoms with Gasteiger partial charge in [0.2, 0.25) is 5.91 Å². The quantitative estimate of drug-likeness (QED) is 0.579. The molecule has 3 rings (SSSR count). The molecule has 0 atom stereocenters. The molecular formula is C21H23ClN4O4S. The maximum Gasteiger partial charge on any atom is 0.268 e. The van der Waals surface area contributed by atoms with Crippen LogP contribution >= 0.6 is 11.6 Å². The van der Waals surface area contributed by atoms with E-state index >= 15 is 0 Å². The third kappa shape index (κ3) is 4.83. The van der Waals surface area contributed by atoms with Crippen LogP contribution < -0.4 is 14.4 Å². The van der Waals surface area contributed by atoms with E-state index in [0.717, 1.165) is 4.31 Å². The Bertz CT molecular complexity index is 1210. The zero-order chi connectivity index (χ0) is 22.8. The topological polar surface area (TPSA) is 93.5 Å². The molecule has 164 valence electrons. The fourth-order valence-corrected chi connectivity index (χ4v) is 5.22. The lowest BCUT2D eigenvalue weighted by Gasteiger charge is -2.24. The van der Waals surface area contributed by atoms with Crippen LogP contribution in [0.3, 0.4) is 0 Å². The number of aromatic nitrogens is 2. The molecule has 0 aliphatic carbocycles. The number of anilines is 2. The summed E-state index contributed by atoms with van der Waals surface area (Å²) >= 11 is 5.97. The molecule has 1 aromatic heterocycles. The standard InChI is InChI=1S/C21H23ClN4O4S/c1-14-21(15(2)25(3)24-14)31(28,29)26(18-8-10-19(30-4)11-9-18)13-20(27)23-17-7-5-6-16(22)12-17/h5-12H,13H2,1-4H3,(H,23,27). The summed E-state index contributed by atoms with van der Waals surface area (Å²) in [6.07, 6.45) is 0. The number of benzene rings is 2. The molecule has 0 spiro atoms. The molecule has 0 radical (unpaired) electrons. The molecule has 31 heavy (non-hydrogen) atoms. The Hall–Kier alpha value is -3.04. The molecule has 1 heterocycles. The third-order valence-electron chi connectivity index (χ3n) is 4.75. The molecule has 10 heteroatoms. The number of amides is 1. The van der Waals surface area contributed by atoms with Gasteiger partial charge in [-0.15, -0.1) is 0 Å². The first-order valence-corrected chi connectivity index (χ1v) is 11.2. The minimum atomic E-state index is -4.09. The lowest BCUT2D eigenvalue weighted by molar-refractivity contribution is -0.114. The molecule has 0 saturated heterocycles. The Morgan fingerprint density at radius 3 is 2.42 bits per heavy atom. The maximum atomic E-state index is 13.6. The van der Waals surface area contributed by atoms with E-state index in [4.69, 9.17) is 16.3 Å². The van der Waals surface area contributed by atoms with Gasteiger partial charge in [0.05, 0.1) is 24.2 Å². The van der Waals surface area contributed by atoms with Crippen LogP contribution in [0.4, 0.5) is 11.4 Å². The van der Waals surface area contributed by atoms with E-state index in [1.807, 2.05) is 0 Å². The minimum absolute atomic E-state index is 0.0707. The summed E-state index contributed by atoms with van der Waals surface area (Å²) in [7, 11) is -0.898. The molecular weight excluding hydrogens is 440 g/mol. The molecule has 0 bridgehead atoms. The second kappa shape index (κ2) is 8.99. The number of aryl methyl sites for hydroxylation is 2. The summed E-state index contributed by atoms with van der Waals surface area (Å²) in [6.45, 7) is 2.86. The minimum Gasteiger partial charge on any atom is -0.497 e. The van der Waals surface area contributed by atoms with E-state index in [0.29, 0.717) is 33.5 Å². The van der Waals surface area contributed by atoms with Crippen molar-refractivity contribution in [3.63, 3.8) is 0 Å². The number of hydrogen-bond acceptors (Lipinski definition) is 5. The normalized spacial score (nSPS) is 11.3. The van der Waals surface area contributed by atoms with Crippen molar-refractivity contribution in [3.05, 3.63) is 64.9 Å². The molecule has 0 unspecified atom stereocenters. The van der Waals surface area contributed by atoms with Gasteiger partial charge < -0.3 is 10.1 Å². The summed E-state index contributed by atoms with van der Waals surface area (Å²) in [5, 5.41) is 7.36. The Kier molecular flexibility index (Phi) is 6.56. The fourth-order valence-electron chi connectivity index (χ4n) is 3.20. The largest absolute Gasteiger partial charge is 0.497 e. The van der Waals surface area contributed by atoms with E-state index < -0.39 is 22.5 Å². The number of halogens is 1. The molecule has 1 amide bonds. The first-order valence-electron chi connectivity index (χ1n) is 9.36. The fraction of sp³-hybridized carbons (Fsp3) is 0.238. The molecule has 3 aromatic rings. The van der Waals surface area contributed by atoms with Crippen molar-refractivity contribution in [1.29, 1.82) is 0 Å². The number of carbonyl (C=O) groups is 1. The van der Waals surface area contributed by atoms with Crippen LogP contribution in [0.25, 0.3) is 0 Å². The van der Waals surface area contributed by atoms with Crippen molar-refractivity contribution < 1.29 is 17.9 Å². The maximum absolute atomic E-state index is 13.6. The second-order valence-corrected chi connectivity index (χ2v) is 9.13. The van der Waals surface area contributed by atoms with Gasteiger partial charge in [-0.3, -0.25) is 13.8 Å². The van der Waals surface area contributed by atoms with Crippen LogP contribution in [0, 0.1) is 13.8 Å². The van der Waals surface area contributed by atoms with E-state index in [1.165, 1.54) is 11.8 Å². The van der Waals surface area contributed by atoms with E-state index in [-0.39, 0.29) is 4.90 Å². The van der Waals surface area contributed by atoms with E-state index in [2.05, 4.69) is 10.4 Å². The summed E-state index contributed by atoms with van der Waals surface area (Å²) in [5.41, 5.74) is 1.63. The van der Waals surface area contributed by atoms with Crippen LogP contribution in [-0.4, -0.2) is 37.8 Å². The molecule has 0 saturated carbocycles. The molecule has 2 aromatic carbocycles. The Morgan fingerprint density at radius 2 is 1.87 bits per heavy atom. The van der Waals surface area contributed by atoms with E-state index in [9.17, 15) is 13.2 Å². The number of methoxy groups -OCH3 is 1. The van der Waals surface area contributed by atoms with Crippen molar-refractivity contribution in [2.45, 2.75) is 18.7 Å². The lowest BCUT2D eigenvalue weighted by Crippen LogP contribution is -2.38. The Balaban J connectivity index is 2.01. The average molecular weight is 463 g/mol. The third-order valence-corrected chi connectivity index (χ3v) is 7.01. The van der Waals surface area contributed by atoms with Crippen LogP contribution in [-0.2, 0) is 21.9 Å². The van der Waals surface area contributed by atoms with Crippen LogP contribution in [0.5, 0.6) is 5.75 Å². The summed E-state index contributed by atoms with van der Waals surface area (Å²) in [6, 6.07) is 13.1. The number of hydrogen-bond donors (Lipinski definition) is 1. The molecule has 0 fully saturated rings. The number of ether oxygens (including phenoxy) is 1. The first kappa shape index (κ1) is 22.6. The van der Waals surface area contributed by atoms with Gasteiger partial charge >= 0.3 is 0 Å². The van der Waals surface area contributed by atoms with Crippen LogP contribution in [0.2, 0.25) is 5.02 Å². The predicted octanol–water partition coefficient (Wildman–Crippen LogP) is 3.53. The average Bonchev–Trinajstić information content (AvgIpc) is 2.98. The Labute approximate surface area is 186 Å². The number of rotatable bonds is 7. The highest BCUT2D eigenvalue weighted by Gasteiger charge is 2.32. The highest BCUT2D eigenvalue weighted by molar-refractivity contribution is 7.93. The SMILES string of the molecule is COc1ccc(N(CC(=O)Nc2cccc(Cl)c2)S(=O)(=O)c2c(C)nn(C)c2C)cc1. The van der Waals surface area contributed by atoms with Crippen molar-refractivity contribution in [1.82, 2.24) is 9.78 Å². The second-order valence-electron chi connectivity index (χ2n) is 6.89. The number of carbonyl (C=O) groups excluding carboxylic acids is 1. The summed E-state index contributed by atoms with van der Waals surface area (Å²) in [4.78, 5) is 12.8. The van der Waals surface area contributed by atoms with Crippen molar-refractivity contribution in [2.24, 2.45) is 7.05 Å². The van der Waals surface area contributed by atoms with Gasteiger partial charge in [-0.05, 0) is 56.3 Å². The van der Waals surface area contributed by atoms with Crippen LogP contribution in [0.15, 0.2) is 53.4 Å². The molecule has 0 aliphatic rings. The molecule has 1 N–H and O–H groups in total. The summed E-state index contributed by atoms with van der Waals surface area (Å²) in [5.74, 6) is 0.0547. The van der Waals surface area contributed by atoms with Crippen molar-refractivity contribution >= 4 is 38.9 Å². The van der Waals surface area contributed by atoms with Gasteiger partial charge in [0.1, 0.15) is 17.2 Å². The van der Waals surface area contributed by atoms with Gasteiger partial charge in [-0.1, -0.05) is 17.7 Å². The zero-order valence-electron chi connectivity index (χ0n) is 17.6. The van der Waals surface area contributed by atoms with Gasteiger partial charge in [0.25, 0.3) is 10.0 Å². The Morgan fingerprint density at radius 1 is 1.19 bits per heavy atom. The van der Waals surface area contributed by atoms with E-state index in [1.54, 1.807) is 69.4 Å². The van der Waals surface area contributed by atoms with Gasteiger partial charge in [0.15, 0.2) is 0 Å². The highest BCUT2D eigenvalue weighted by atomic mass is 35.5. The van der Waals surface area contributed by atoms with Gasteiger partial charge in [-0.2, -0.15) is 5.10 Å². The van der Waals surface area contributed by atoms with Crippen molar-refractivity contribution in [3.8, 4) is 5.75 Å². The summed E-state index contributed by atoms with van der Waals surface area (Å²) < 4.78 is 35.0. The molecule has 8 nitrogen and oxygen atoms in total.